The van der Waals surface area contributed by atoms with Crippen molar-refractivity contribution in [2.75, 3.05) is 56.3 Å². The van der Waals surface area contributed by atoms with Crippen molar-refractivity contribution in [2.45, 2.75) is 18.3 Å². The summed E-state index contributed by atoms with van der Waals surface area (Å²) in [6.45, 7) is 5.47. The number of halogens is 1. The Morgan fingerprint density at radius 1 is 1.03 bits per heavy atom. The SMILES string of the molecule is S=C(NCC1(c2ccc(Cl)cc2)CCOCC1)Nc1ccc(N2CCOCC2)nc1. The molecular formula is C22H27ClN4O2S. The topological polar surface area (TPSA) is 58.7 Å². The molecule has 2 aliphatic rings. The molecule has 0 aliphatic carbocycles. The maximum absolute atomic E-state index is 6.09. The molecule has 0 spiro atoms. The maximum atomic E-state index is 6.09. The van der Waals surface area contributed by atoms with E-state index in [4.69, 9.17) is 33.3 Å². The Labute approximate surface area is 187 Å². The Kier molecular flexibility index (Phi) is 7.04. The lowest BCUT2D eigenvalue weighted by Gasteiger charge is -2.38. The highest BCUT2D eigenvalue weighted by atomic mass is 35.5. The fraction of sp³-hybridized carbons (Fsp3) is 0.455. The molecule has 1 aromatic carbocycles. The van der Waals surface area contributed by atoms with Crippen LogP contribution in [0.1, 0.15) is 18.4 Å². The predicted octanol–water partition coefficient (Wildman–Crippen LogP) is 3.61. The van der Waals surface area contributed by atoms with Crippen LogP contribution in [-0.2, 0) is 14.9 Å². The van der Waals surface area contributed by atoms with Crippen LogP contribution in [0.3, 0.4) is 0 Å². The fourth-order valence-corrected chi connectivity index (χ4v) is 4.31. The Morgan fingerprint density at radius 2 is 1.73 bits per heavy atom. The first-order valence-electron chi connectivity index (χ1n) is 10.3. The Bertz CT molecular complexity index is 835. The third-order valence-corrected chi connectivity index (χ3v) is 6.33. The van der Waals surface area contributed by atoms with Gasteiger partial charge >= 0.3 is 0 Å². The van der Waals surface area contributed by atoms with Gasteiger partial charge in [-0.15, -0.1) is 0 Å². The fourth-order valence-electron chi connectivity index (χ4n) is 4.00. The van der Waals surface area contributed by atoms with Gasteiger partial charge in [0.15, 0.2) is 5.11 Å². The molecular weight excluding hydrogens is 420 g/mol. The van der Waals surface area contributed by atoms with Gasteiger partial charge in [-0.1, -0.05) is 23.7 Å². The van der Waals surface area contributed by atoms with Crippen LogP contribution in [0.25, 0.3) is 0 Å². The molecule has 160 valence electrons. The molecule has 2 N–H and O–H groups in total. The number of thiocarbonyl (C=S) groups is 1. The molecule has 0 saturated carbocycles. The van der Waals surface area contributed by atoms with E-state index in [1.165, 1.54) is 5.56 Å². The number of hydrogen-bond acceptors (Lipinski definition) is 5. The van der Waals surface area contributed by atoms with Crippen molar-refractivity contribution < 1.29 is 9.47 Å². The van der Waals surface area contributed by atoms with Crippen LogP contribution < -0.4 is 15.5 Å². The van der Waals surface area contributed by atoms with Crippen LogP contribution in [0, 0.1) is 0 Å². The number of anilines is 2. The Balaban J connectivity index is 1.36. The molecule has 2 aliphatic heterocycles. The second-order valence-corrected chi connectivity index (χ2v) is 8.56. The van der Waals surface area contributed by atoms with Crippen LogP contribution in [0.2, 0.25) is 5.02 Å². The van der Waals surface area contributed by atoms with Gasteiger partial charge in [0.25, 0.3) is 0 Å². The highest BCUT2D eigenvalue weighted by Gasteiger charge is 2.34. The molecule has 0 atom stereocenters. The van der Waals surface area contributed by atoms with Crippen molar-refractivity contribution in [1.82, 2.24) is 10.3 Å². The van der Waals surface area contributed by atoms with Crippen LogP contribution in [0.4, 0.5) is 11.5 Å². The molecule has 0 unspecified atom stereocenters. The lowest BCUT2D eigenvalue weighted by molar-refractivity contribution is 0.0515. The van der Waals surface area contributed by atoms with Gasteiger partial charge in [0.2, 0.25) is 0 Å². The molecule has 2 aromatic rings. The van der Waals surface area contributed by atoms with Gasteiger partial charge in [-0.25, -0.2) is 4.98 Å². The Hall–Kier alpha value is -1.93. The number of morpholine rings is 1. The summed E-state index contributed by atoms with van der Waals surface area (Å²) in [5, 5.41) is 8.00. The molecule has 1 aromatic heterocycles. The molecule has 2 saturated heterocycles. The minimum atomic E-state index is -0.0208. The summed E-state index contributed by atoms with van der Waals surface area (Å²) in [6, 6.07) is 12.2. The van der Waals surface area contributed by atoms with E-state index in [9.17, 15) is 0 Å². The summed E-state index contributed by atoms with van der Waals surface area (Å²) in [7, 11) is 0. The molecule has 8 heteroatoms. The van der Waals surface area contributed by atoms with Gasteiger partial charge in [0.1, 0.15) is 5.82 Å². The van der Waals surface area contributed by atoms with Gasteiger partial charge in [0, 0.05) is 43.3 Å². The van der Waals surface area contributed by atoms with Gasteiger partial charge in [-0.3, -0.25) is 0 Å². The number of nitrogens with one attached hydrogen (secondary N) is 2. The molecule has 0 bridgehead atoms. The first kappa shape index (κ1) is 21.3. The lowest BCUT2D eigenvalue weighted by Crippen LogP contribution is -2.45. The smallest absolute Gasteiger partial charge is 0.170 e. The van der Waals surface area contributed by atoms with Crippen molar-refractivity contribution >= 4 is 40.4 Å². The van der Waals surface area contributed by atoms with Crippen molar-refractivity contribution in [2.24, 2.45) is 0 Å². The number of ether oxygens (including phenoxy) is 2. The number of aromatic nitrogens is 1. The summed E-state index contributed by atoms with van der Waals surface area (Å²) in [4.78, 5) is 6.79. The summed E-state index contributed by atoms with van der Waals surface area (Å²) in [6.07, 6.45) is 3.71. The second-order valence-electron chi connectivity index (χ2n) is 7.71. The molecule has 0 radical (unpaired) electrons. The number of rotatable bonds is 5. The highest BCUT2D eigenvalue weighted by Crippen LogP contribution is 2.35. The largest absolute Gasteiger partial charge is 0.381 e. The van der Waals surface area contributed by atoms with Gasteiger partial charge in [0.05, 0.1) is 25.1 Å². The second kappa shape index (κ2) is 9.92. The highest BCUT2D eigenvalue weighted by molar-refractivity contribution is 7.80. The van der Waals surface area contributed by atoms with E-state index in [1.807, 2.05) is 30.5 Å². The molecule has 6 nitrogen and oxygen atoms in total. The van der Waals surface area contributed by atoms with Crippen molar-refractivity contribution in [3.63, 3.8) is 0 Å². The average Bonchev–Trinajstić information content (AvgIpc) is 2.80. The maximum Gasteiger partial charge on any atom is 0.170 e. The molecule has 0 amide bonds. The zero-order valence-electron chi connectivity index (χ0n) is 16.9. The number of pyridine rings is 1. The van der Waals surface area contributed by atoms with E-state index in [0.717, 1.165) is 75.4 Å². The summed E-state index contributed by atoms with van der Waals surface area (Å²) in [5.41, 5.74) is 2.12. The third kappa shape index (κ3) is 5.21. The monoisotopic (exact) mass is 446 g/mol. The third-order valence-electron chi connectivity index (χ3n) is 5.83. The van der Waals surface area contributed by atoms with Crippen LogP contribution in [0.15, 0.2) is 42.6 Å². The average molecular weight is 447 g/mol. The van der Waals surface area contributed by atoms with E-state index < -0.39 is 0 Å². The predicted molar refractivity (Wildman–Crippen MR) is 125 cm³/mol. The Morgan fingerprint density at radius 3 is 2.40 bits per heavy atom. The van der Waals surface area contributed by atoms with E-state index >= 15 is 0 Å². The van der Waals surface area contributed by atoms with Crippen LogP contribution >= 0.6 is 23.8 Å². The first-order valence-corrected chi connectivity index (χ1v) is 11.1. The van der Waals surface area contributed by atoms with E-state index in [1.54, 1.807) is 0 Å². The minimum Gasteiger partial charge on any atom is -0.381 e. The van der Waals surface area contributed by atoms with Crippen molar-refractivity contribution in [1.29, 1.82) is 0 Å². The summed E-state index contributed by atoms with van der Waals surface area (Å²) < 4.78 is 11.0. The minimum absolute atomic E-state index is 0.0208. The van der Waals surface area contributed by atoms with Crippen molar-refractivity contribution in [3.8, 4) is 0 Å². The summed E-state index contributed by atoms with van der Waals surface area (Å²) in [5.74, 6) is 0.964. The standard InChI is InChI=1S/C22H27ClN4O2S/c23-18-3-1-17(2-4-18)22(7-11-28-12-8-22)16-25-21(30)26-19-5-6-20(24-15-19)27-9-13-29-14-10-27/h1-6,15H,7-14,16H2,(H2,25,26,30). The quantitative estimate of drug-likeness (QED) is 0.680. The molecule has 30 heavy (non-hydrogen) atoms. The zero-order chi connectivity index (χ0) is 20.8. The normalized spacial score (nSPS) is 18.6. The number of nitrogens with zero attached hydrogens (tertiary/aromatic N) is 2. The number of benzene rings is 1. The summed E-state index contributed by atoms with van der Waals surface area (Å²) >= 11 is 11.6. The lowest BCUT2D eigenvalue weighted by atomic mass is 9.74. The zero-order valence-corrected chi connectivity index (χ0v) is 18.5. The van der Waals surface area contributed by atoms with Gasteiger partial charge in [-0.05, 0) is 54.9 Å². The van der Waals surface area contributed by atoms with Crippen LogP contribution in [0.5, 0.6) is 0 Å². The van der Waals surface area contributed by atoms with E-state index in [0.29, 0.717) is 5.11 Å². The molecule has 3 heterocycles. The first-order chi connectivity index (χ1) is 14.6. The van der Waals surface area contributed by atoms with Crippen molar-refractivity contribution in [3.05, 3.63) is 53.2 Å². The van der Waals surface area contributed by atoms with Crippen LogP contribution in [-0.4, -0.2) is 56.2 Å². The van der Waals surface area contributed by atoms with E-state index in [-0.39, 0.29) is 5.41 Å². The van der Waals surface area contributed by atoms with Gasteiger partial charge in [-0.2, -0.15) is 0 Å². The molecule has 4 rings (SSSR count). The van der Waals surface area contributed by atoms with E-state index in [2.05, 4.69) is 32.7 Å². The number of hydrogen-bond donors (Lipinski definition) is 2. The molecule has 2 fully saturated rings. The van der Waals surface area contributed by atoms with Gasteiger partial charge < -0.3 is 25.0 Å².